The van der Waals surface area contributed by atoms with Gasteiger partial charge in [-0.25, -0.2) is 0 Å². The Bertz CT molecular complexity index is 579. The predicted molar refractivity (Wildman–Crippen MR) is 74.3 cm³/mol. The van der Waals surface area contributed by atoms with Crippen molar-refractivity contribution in [2.75, 3.05) is 13.7 Å². The Balaban J connectivity index is 1.75. The molecule has 2 aromatic rings. The summed E-state index contributed by atoms with van der Waals surface area (Å²) in [4.78, 5) is 0. The molecule has 0 amide bonds. The molecule has 2 atom stereocenters. The molecular weight excluding hydrogens is 256 g/mol. The Hall–Kier alpha value is -2.20. The van der Waals surface area contributed by atoms with Gasteiger partial charge < -0.3 is 19.3 Å². The SMILES string of the molecule is COc1ccc(OC2COc3ccccc3C2O)cc1. The Morgan fingerprint density at radius 3 is 2.50 bits per heavy atom. The van der Waals surface area contributed by atoms with Gasteiger partial charge in [0.2, 0.25) is 0 Å². The maximum absolute atomic E-state index is 10.4. The lowest BCUT2D eigenvalue weighted by Gasteiger charge is -2.30. The molecule has 0 aliphatic carbocycles. The summed E-state index contributed by atoms with van der Waals surface area (Å²) in [7, 11) is 1.62. The van der Waals surface area contributed by atoms with Crippen LogP contribution >= 0.6 is 0 Å². The summed E-state index contributed by atoms with van der Waals surface area (Å²) < 4.78 is 16.5. The monoisotopic (exact) mass is 272 g/mol. The van der Waals surface area contributed by atoms with Crippen LogP contribution in [0.5, 0.6) is 17.2 Å². The molecule has 1 N–H and O–H groups in total. The number of methoxy groups -OCH3 is 1. The molecule has 0 radical (unpaired) electrons. The molecule has 0 spiro atoms. The summed E-state index contributed by atoms with van der Waals surface area (Å²) in [6.45, 7) is 0.324. The highest BCUT2D eigenvalue weighted by Crippen LogP contribution is 2.33. The highest BCUT2D eigenvalue weighted by molar-refractivity contribution is 5.38. The van der Waals surface area contributed by atoms with Gasteiger partial charge in [-0.2, -0.15) is 0 Å². The van der Waals surface area contributed by atoms with Crippen LogP contribution in [0.15, 0.2) is 48.5 Å². The minimum absolute atomic E-state index is 0.324. The second-order valence-electron chi connectivity index (χ2n) is 4.63. The van der Waals surface area contributed by atoms with Crippen LogP contribution in [0.25, 0.3) is 0 Å². The van der Waals surface area contributed by atoms with Crippen molar-refractivity contribution in [1.82, 2.24) is 0 Å². The number of para-hydroxylation sites is 1. The maximum atomic E-state index is 10.4. The van der Waals surface area contributed by atoms with E-state index >= 15 is 0 Å². The lowest BCUT2D eigenvalue weighted by Crippen LogP contribution is -2.35. The molecule has 3 rings (SSSR count). The molecule has 2 unspecified atom stereocenters. The predicted octanol–water partition coefficient (Wildman–Crippen LogP) is 2.57. The number of fused-ring (bicyclic) bond motifs is 1. The molecule has 4 nitrogen and oxygen atoms in total. The zero-order valence-corrected chi connectivity index (χ0v) is 11.2. The Morgan fingerprint density at radius 1 is 1.05 bits per heavy atom. The van der Waals surface area contributed by atoms with Crippen molar-refractivity contribution in [2.45, 2.75) is 12.2 Å². The smallest absolute Gasteiger partial charge is 0.163 e. The van der Waals surface area contributed by atoms with Crippen LogP contribution in [0, 0.1) is 0 Å². The van der Waals surface area contributed by atoms with Crippen LogP contribution in [0.4, 0.5) is 0 Å². The van der Waals surface area contributed by atoms with E-state index in [0.29, 0.717) is 12.4 Å². The summed E-state index contributed by atoms with van der Waals surface area (Å²) in [6, 6.07) is 14.7. The van der Waals surface area contributed by atoms with Gasteiger partial charge in [-0.05, 0) is 30.3 Å². The van der Waals surface area contributed by atoms with E-state index < -0.39 is 12.2 Å². The molecule has 0 aromatic heterocycles. The van der Waals surface area contributed by atoms with E-state index in [1.54, 1.807) is 7.11 Å². The molecule has 20 heavy (non-hydrogen) atoms. The fraction of sp³-hybridized carbons (Fsp3) is 0.250. The van der Waals surface area contributed by atoms with Gasteiger partial charge in [0.25, 0.3) is 0 Å². The lowest BCUT2D eigenvalue weighted by molar-refractivity contribution is -0.0103. The first-order chi connectivity index (χ1) is 9.78. The number of ether oxygens (including phenoxy) is 3. The minimum Gasteiger partial charge on any atom is -0.497 e. The first kappa shape index (κ1) is 12.8. The number of hydrogen-bond acceptors (Lipinski definition) is 4. The van der Waals surface area contributed by atoms with Gasteiger partial charge >= 0.3 is 0 Å². The third kappa shape index (κ3) is 2.42. The molecule has 4 heteroatoms. The fourth-order valence-corrected chi connectivity index (χ4v) is 2.25. The second kappa shape index (κ2) is 5.43. The van der Waals surface area contributed by atoms with Gasteiger partial charge in [0.1, 0.15) is 30.0 Å². The van der Waals surface area contributed by atoms with Crippen molar-refractivity contribution in [3.05, 3.63) is 54.1 Å². The molecule has 0 fully saturated rings. The maximum Gasteiger partial charge on any atom is 0.163 e. The van der Waals surface area contributed by atoms with Crippen LogP contribution in [0.1, 0.15) is 11.7 Å². The highest BCUT2D eigenvalue weighted by Gasteiger charge is 2.30. The molecular formula is C16H16O4. The molecule has 0 saturated heterocycles. The first-order valence-corrected chi connectivity index (χ1v) is 6.48. The molecule has 0 bridgehead atoms. The zero-order chi connectivity index (χ0) is 13.9. The van der Waals surface area contributed by atoms with Gasteiger partial charge in [-0.15, -0.1) is 0 Å². The van der Waals surface area contributed by atoms with Crippen LogP contribution in [-0.2, 0) is 0 Å². The van der Waals surface area contributed by atoms with E-state index in [9.17, 15) is 5.11 Å². The third-order valence-electron chi connectivity index (χ3n) is 3.34. The van der Waals surface area contributed by atoms with E-state index in [1.165, 1.54) is 0 Å². The van der Waals surface area contributed by atoms with Crippen molar-refractivity contribution in [1.29, 1.82) is 0 Å². The largest absolute Gasteiger partial charge is 0.497 e. The number of rotatable bonds is 3. The van der Waals surface area contributed by atoms with Crippen LogP contribution in [-0.4, -0.2) is 24.9 Å². The van der Waals surface area contributed by atoms with Crippen molar-refractivity contribution in [3.63, 3.8) is 0 Å². The van der Waals surface area contributed by atoms with Gasteiger partial charge in [0.15, 0.2) is 6.10 Å². The number of aliphatic hydroxyl groups excluding tert-OH is 1. The molecule has 0 saturated carbocycles. The Labute approximate surface area is 117 Å². The standard InChI is InChI=1S/C16H16O4/c1-18-11-6-8-12(9-7-11)20-15-10-19-14-5-3-2-4-13(14)16(15)17/h2-9,15-17H,10H2,1H3. The van der Waals surface area contributed by atoms with Gasteiger partial charge in [-0.1, -0.05) is 18.2 Å². The summed E-state index contributed by atoms with van der Waals surface area (Å²) in [5, 5.41) is 10.4. The van der Waals surface area contributed by atoms with Gasteiger partial charge in [-0.3, -0.25) is 0 Å². The molecule has 1 aliphatic rings. The summed E-state index contributed by atoms with van der Waals surface area (Å²) >= 11 is 0. The normalized spacial score (nSPS) is 20.7. The molecule has 2 aromatic carbocycles. The number of hydrogen-bond donors (Lipinski definition) is 1. The van der Waals surface area contributed by atoms with Crippen LogP contribution < -0.4 is 14.2 Å². The fourth-order valence-electron chi connectivity index (χ4n) is 2.25. The van der Waals surface area contributed by atoms with E-state index in [4.69, 9.17) is 14.2 Å². The molecule has 104 valence electrons. The summed E-state index contributed by atoms with van der Waals surface area (Å²) in [5.74, 6) is 2.16. The summed E-state index contributed by atoms with van der Waals surface area (Å²) in [6.07, 6.45) is -1.11. The van der Waals surface area contributed by atoms with E-state index in [0.717, 1.165) is 17.1 Å². The van der Waals surface area contributed by atoms with Crippen LogP contribution in [0.2, 0.25) is 0 Å². The van der Waals surface area contributed by atoms with E-state index in [2.05, 4.69) is 0 Å². The number of aliphatic hydroxyl groups is 1. The Morgan fingerprint density at radius 2 is 1.75 bits per heavy atom. The summed E-state index contributed by atoms with van der Waals surface area (Å²) in [5.41, 5.74) is 0.761. The lowest BCUT2D eigenvalue weighted by atomic mass is 10.0. The quantitative estimate of drug-likeness (QED) is 0.933. The second-order valence-corrected chi connectivity index (χ2v) is 4.63. The first-order valence-electron chi connectivity index (χ1n) is 6.48. The van der Waals surface area contributed by atoms with Crippen molar-refractivity contribution >= 4 is 0 Å². The van der Waals surface area contributed by atoms with Crippen LogP contribution in [0.3, 0.4) is 0 Å². The minimum atomic E-state index is -0.693. The Kier molecular flexibility index (Phi) is 3.48. The highest BCUT2D eigenvalue weighted by atomic mass is 16.5. The average Bonchev–Trinajstić information content (AvgIpc) is 2.51. The topological polar surface area (TPSA) is 47.9 Å². The van der Waals surface area contributed by atoms with Gasteiger partial charge in [0.05, 0.1) is 7.11 Å². The third-order valence-corrected chi connectivity index (χ3v) is 3.34. The molecule has 1 aliphatic heterocycles. The van der Waals surface area contributed by atoms with Crippen molar-refractivity contribution in [3.8, 4) is 17.2 Å². The molecule has 1 heterocycles. The number of benzene rings is 2. The average molecular weight is 272 g/mol. The van der Waals surface area contributed by atoms with E-state index in [1.807, 2.05) is 48.5 Å². The van der Waals surface area contributed by atoms with Crippen molar-refractivity contribution in [2.24, 2.45) is 0 Å². The van der Waals surface area contributed by atoms with E-state index in [-0.39, 0.29) is 0 Å². The van der Waals surface area contributed by atoms with Crippen molar-refractivity contribution < 1.29 is 19.3 Å². The van der Waals surface area contributed by atoms with Gasteiger partial charge in [0, 0.05) is 5.56 Å². The zero-order valence-electron chi connectivity index (χ0n) is 11.2.